The normalized spacial score (nSPS) is 14.0. The molecule has 2 atom stereocenters. The van der Waals surface area contributed by atoms with Gasteiger partial charge in [-0.3, -0.25) is 0 Å². The highest BCUT2D eigenvalue weighted by Gasteiger charge is 2.17. The molecule has 1 N–H and O–H groups in total. The molecule has 2 unspecified atom stereocenters. The lowest BCUT2D eigenvalue weighted by molar-refractivity contribution is 0.392. The number of nitrogens with zero attached hydrogens (tertiary/aromatic N) is 1. The summed E-state index contributed by atoms with van der Waals surface area (Å²) in [5, 5.41) is 6.40. The summed E-state index contributed by atoms with van der Waals surface area (Å²) in [6.45, 7) is 4.79. The van der Waals surface area contributed by atoms with E-state index in [2.05, 4.69) is 17.2 Å². The second-order valence-corrected chi connectivity index (χ2v) is 5.68. The van der Waals surface area contributed by atoms with Crippen LogP contribution in [-0.2, 0) is 0 Å². The molecular weight excluding hydrogens is 275 g/mol. The smallest absolute Gasteiger partial charge is 0.131 e. The largest absolute Gasteiger partial charge is 0.496 e. The van der Waals surface area contributed by atoms with Gasteiger partial charge in [0.15, 0.2) is 0 Å². The Balaban J connectivity index is 2.03. The lowest BCUT2D eigenvalue weighted by Gasteiger charge is -2.19. The topological polar surface area (TPSA) is 34.1 Å². The molecule has 1 aromatic carbocycles. The maximum atomic E-state index is 14.0. The molecule has 0 amide bonds. The number of rotatable bonds is 6. The number of halogens is 1. The molecule has 0 aliphatic rings. The molecule has 3 nitrogen and oxygen atoms in total. The van der Waals surface area contributed by atoms with Crippen molar-refractivity contribution in [1.82, 2.24) is 10.3 Å². The third kappa shape index (κ3) is 3.35. The summed E-state index contributed by atoms with van der Waals surface area (Å²) in [6, 6.07) is 4.78. The second-order valence-electron chi connectivity index (χ2n) is 4.76. The van der Waals surface area contributed by atoms with Gasteiger partial charge in [0.25, 0.3) is 0 Å². The van der Waals surface area contributed by atoms with Crippen LogP contribution in [0.1, 0.15) is 36.4 Å². The Morgan fingerprint density at radius 2 is 2.20 bits per heavy atom. The molecule has 0 radical (unpaired) electrons. The number of nitrogens with one attached hydrogen (secondary N) is 1. The van der Waals surface area contributed by atoms with Crippen molar-refractivity contribution in [3.8, 4) is 5.75 Å². The molecule has 0 aliphatic heterocycles. The van der Waals surface area contributed by atoms with E-state index in [1.54, 1.807) is 36.8 Å². The summed E-state index contributed by atoms with van der Waals surface area (Å²) in [7, 11) is 1.56. The average molecular weight is 294 g/mol. The van der Waals surface area contributed by atoms with Crippen LogP contribution >= 0.6 is 11.3 Å². The second kappa shape index (κ2) is 6.81. The van der Waals surface area contributed by atoms with Gasteiger partial charge < -0.3 is 10.1 Å². The Morgan fingerprint density at radius 1 is 1.40 bits per heavy atom. The van der Waals surface area contributed by atoms with Crippen LogP contribution in [0.5, 0.6) is 5.75 Å². The van der Waals surface area contributed by atoms with Gasteiger partial charge >= 0.3 is 0 Å². The zero-order valence-corrected chi connectivity index (χ0v) is 12.7. The number of thiazole rings is 1. The molecular formula is C15H19FN2OS. The monoisotopic (exact) mass is 294 g/mol. The molecule has 20 heavy (non-hydrogen) atoms. The van der Waals surface area contributed by atoms with Crippen molar-refractivity contribution in [1.29, 1.82) is 0 Å². The van der Waals surface area contributed by atoms with E-state index in [-0.39, 0.29) is 11.9 Å². The third-order valence-electron chi connectivity index (χ3n) is 3.27. The van der Waals surface area contributed by atoms with Crippen molar-refractivity contribution in [2.45, 2.75) is 25.8 Å². The summed E-state index contributed by atoms with van der Waals surface area (Å²) in [5.41, 5.74) is 0.571. The van der Waals surface area contributed by atoms with E-state index in [1.165, 1.54) is 6.07 Å². The lowest BCUT2D eigenvalue weighted by Crippen LogP contribution is -2.24. The first-order chi connectivity index (χ1) is 9.63. The van der Waals surface area contributed by atoms with Gasteiger partial charge in [-0.05, 0) is 19.1 Å². The summed E-state index contributed by atoms with van der Waals surface area (Å²) >= 11 is 1.64. The highest BCUT2D eigenvalue weighted by Crippen LogP contribution is 2.28. The van der Waals surface area contributed by atoms with Gasteiger partial charge in [-0.1, -0.05) is 13.0 Å². The van der Waals surface area contributed by atoms with Crippen molar-refractivity contribution >= 4 is 11.3 Å². The van der Waals surface area contributed by atoms with Gasteiger partial charge in [0.05, 0.1) is 12.1 Å². The van der Waals surface area contributed by atoms with Gasteiger partial charge in [-0.15, -0.1) is 11.3 Å². The fraction of sp³-hybridized carbons (Fsp3) is 0.400. The Labute approximate surface area is 122 Å². The number of benzene rings is 1. The third-order valence-corrected chi connectivity index (χ3v) is 4.28. The number of hydrogen-bond acceptors (Lipinski definition) is 4. The number of aromatic nitrogens is 1. The van der Waals surface area contributed by atoms with Crippen LogP contribution < -0.4 is 10.1 Å². The van der Waals surface area contributed by atoms with Crippen molar-refractivity contribution in [3.05, 3.63) is 46.2 Å². The molecule has 0 spiro atoms. The summed E-state index contributed by atoms with van der Waals surface area (Å²) < 4.78 is 19.2. The maximum Gasteiger partial charge on any atom is 0.131 e. The lowest BCUT2D eigenvalue weighted by atomic mass is 10.1. The standard InChI is InChI=1S/C15H19FN2OS/c1-10(15-17-7-8-20-15)9-18-11(2)14-12(16)5-4-6-13(14)19-3/h4-8,10-11,18H,9H2,1-3H3. The molecule has 1 heterocycles. The van der Waals surface area contributed by atoms with Crippen molar-refractivity contribution in [2.75, 3.05) is 13.7 Å². The van der Waals surface area contributed by atoms with Gasteiger partial charge in [-0.25, -0.2) is 9.37 Å². The van der Waals surface area contributed by atoms with E-state index in [9.17, 15) is 4.39 Å². The Kier molecular flexibility index (Phi) is 5.09. The van der Waals surface area contributed by atoms with E-state index in [0.717, 1.165) is 11.6 Å². The number of hydrogen-bond donors (Lipinski definition) is 1. The first-order valence-corrected chi connectivity index (χ1v) is 7.46. The van der Waals surface area contributed by atoms with Crippen LogP contribution in [0.2, 0.25) is 0 Å². The van der Waals surface area contributed by atoms with Gasteiger partial charge in [0.2, 0.25) is 0 Å². The first-order valence-electron chi connectivity index (χ1n) is 6.58. The van der Waals surface area contributed by atoms with Crippen molar-refractivity contribution in [2.24, 2.45) is 0 Å². The van der Waals surface area contributed by atoms with Crippen LogP contribution in [-0.4, -0.2) is 18.6 Å². The zero-order valence-electron chi connectivity index (χ0n) is 11.9. The van der Waals surface area contributed by atoms with Gasteiger partial charge in [0.1, 0.15) is 11.6 Å². The summed E-state index contributed by atoms with van der Waals surface area (Å²) in [6.07, 6.45) is 1.81. The Bertz CT molecular complexity index is 545. The molecule has 2 aromatic rings. The van der Waals surface area contributed by atoms with E-state index in [0.29, 0.717) is 17.2 Å². The first kappa shape index (κ1) is 14.9. The summed E-state index contributed by atoms with van der Waals surface area (Å²) in [5.74, 6) is 0.633. The predicted octanol–water partition coefficient (Wildman–Crippen LogP) is 3.75. The van der Waals surface area contributed by atoms with E-state index >= 15 is 0 Å². The quantitative estimate of drug-likeness (QED) is 0.881. The van der Waals surface area contributed by atoms with Crippen molar-refractivity contribution in [3.63, 3.8) is 0 Å². The van der Waals surface area contributed by atoms with E-state index in [1.807, 2.05) is 12.3 Å². The molecule has 1 aromatic heterocycles. The molecule has 0 aliphatic carbocycles. The molecule has 0 fully saturated rings. The van der Waals surface area contributed by atoms with Crippen LogP contribution in [0.15, 0.2) is 29.8 Å². The van der Waals surface area contributed by atoms with E-state index in [4.69, 9.17) is 4.74 Å². The van der Waals surface area contributed by atoms with Crippen molar-refractivity contribution < 1.29 is 9.13 Å². The Hall–Kier alpha value is -1.46. The van der Waals surface area contributed by atoms with E-state index < -0.39 is 0 Å². The van der Waals surface area contributed by atoms with Crippen LogP contribution in [0.4, 0.5) is 4.39 Å². The highest BCUT2D eigenvalue weighted by atomic mass is 32.1. The molecule has 108 valence electrons. The van der Waals surface area contributed by atoms with Crippen LogP contribution in [0, 0.1) is 5.82 Å². The number of ether oxygens (including phenoxy) is 1. The maximum absolute atomic E-state index is 14.0. The zero-order chi connectivity index (χ0) is 14.5. The fourth-order valence-electron chi connectivity index (χ4n) is 2.14. The summed E-state index contributed by atoms with van der Waals surface area (Å²) in [4.78, 5) is 4.30. The number of methoxy groups -OCH3 is 1. The minimum Gasteiger partial charge on any atom is -0.496 e. The minimum absolute atomic E-state index is 0.117. The minimum atomic E-state index is -0.244. The SMILES string of the molecule is COc1cccc(F)c1C(C)NCC(C)c1nccs1. The molecule has 0 saturated heterocycles. The molecule has 0 saturated carbocycles. The van der Waals surface area contributed by atoms with Crippen LogP contribution in [0.3, 0.4) is 0 Å². The average Bonchev–Trinajstić information content (AvgIpc) is 2.98. The van der Waals surface area contributed by atoms with Crippen LogP contribution in [0.25, 0.3) is 0 Å². The molecule has 0 bridgehead atoms. The predicted molar refractivity (Wildman–Crippen MR) is 79.9 cm³/mol. The Morgan fingerprint density at radius 3 is 2.85 bits per heavy atom. The molecule has 5 heteroatoms. The fourth-order valence-corrected chi connectivity index (χ4v) is 2.83. The van der Waals surface area contributed by atoms with Gasteiger partial charge in [0, 0.05) is 35.6 Å². The highest BCUT2D eigenvalue weighted by molar-refractivity contribution is 7.09. The molecule has 2 rings (SSSR count). The van der Waals surface area contributed by atoms with Gasteiger partial charge in [-0.2, -0.15) is 0 Å².